The van der Waals surface area contributed by atoms with Crippen molar-refractivity contribution in [1.82, 2.24) is 0 Å². The molecule has 3 nitrogen and oxygen atoms in total. The van der Waals surface area contributed by atoms with Crippen LogP contribution in [-0.4, -0.2) is 19.8 Å². The molecule has 0 radical (unpaired) electrons. The fourth-order valence-corrected chi connectivity index (χ4v) is 3.66. The van der Waals surface area contributed by atoms with Gasteiger partial charge in [-0.1, -0.05) is 12.1 Å². The first-order valence-corrected chi connectivity index (χ1v) is 8.55. The Labute approximate surface area is 117 Å². The van der Waals surface area contributed by atoms with E-state index in [1.54, 1.807) is 23.5 Å². The number of rotatable bonds is 3. The Morgan fingerprint density at radius 3 is 2.16 bits per heavy atom. The van der Waals surface area contributed by atoms with Crippen LogP contribution in [-0.2, 0) is 9.84 Å². The van der Waals surface area contributed by atoms with Gasteiger partial charge in [0.2, 0.25) is 0 Å². The van der Waals surface area contributed by atoms with Gasteiger partial charge in [-0.25, -0.2) is 8.42 Å². The molecule has 0 saturated carbocycles. The van der Waals surface area contributed by atoms with Gasteiger partial charge >= 0.3 is 0 Å². The van der Waals surface area contributed by atoms with Crippen molar-refractivity contribution in [3.8, 4) is 0 Å². The average molecular weight is 296 g/mol. The van der Waals surface area contributed by atoms with Gasteiger partial charge in [-0.15, -0.1) is 11.3 Å². The topological polar surface area (TPSA) is 54.4 Å². The van der Waals surface area contributed by atoms with Crippen LogP contribution in [0.3, 0.4) is 0 Å². The summed E-state index contributed by atoms with van der Waals surface area (Å²) in [5.41, 5.74) is 1.76. The molecule has 1 atom stereocenters. The first-order chi connectivity index (χ1) is 8.79. The molecular formula is C14H16O3S2. The molecule has 0 bridgehead atoms. The minimum absolute atomic E-state index is 0.266. The van der Waals surface area contributed by atoms with Crippen molar-refractivity contribution in [3.05, 3.63) is 51.2 Å². The zero-order valence-corrected chi connectivity index (χ0v) is 12.7. The highest BCUT2D eigenvalue weighted by atomic mass is 32.2. The molecule has 0 saturated heterocycles. The second-order valence-electron chi connectivity index (χ2n) is 4.65. The summed E-state index contributed by atoms with van der Waals surface area (Å²) in [7, 11) is -3.19. The van der Waals surface area contributed by atoms with Gasteiger partial charge in [-0.05, 0) is 43.2 Å². The second-order valence-corrected chi connectivity index (χ2v) is 7.95. The van der Waals surface area contributed by atoms with E-state index in [4.69, 9.17) is 0 Å². The maximum Gasteiger partial charge on any atom is 0.175 e. The third-order valence-electron chi connectivity index (χ3n) is 2.95. The van der Waals surface area contributed by atoms with Crippen LogP contribution in [0.2, 0.25) is 0 Å². The summed E-state index contributed by atoms with van der Waals surface area (Å²) in [5, 5.41) is 10.3. The molecule has 2 rings (SSSR count). The molecule has 19 heavy (non-hydrogen) atoms. The van der Waals surface area contributed by atoms with Gasteiger partial charge in [0, 0.05) is 16.0 Å². The van der Waals surface area contributed by atoms with Crippen LogP contribution in [0.25, 0.3) is 0 Å². The van der Waals surface area contributed by atoms with E-state index in [1.807, 2.05) is 19.9 Å². The van der Waals surface area contributed by atoms with E-state index < -0.39 is 15.9 Å². The summed E-state index contributed by atoms with van der Waals surface area (Å²) >= 11 is 1.56. The van der Waals surface area contributed by atoms with Crippen LogP contribution in [0.4, 0.5) is 0 Å². The molecule has 1 N–H and O–H groups in total. The molecule has 0 aliphatic heterocycles. The Hall–Kier alpha value is -1.17. The van der Waals surface area contributed by atoms with Gasteiger partial charge < -0.3 is 5.11 Å². The molecule has 0 aliphatic carbocycles. The zero-order chi connectivity index (χ0) is 14.2. The predicted octanol–water partition coefficient (Wildman–Crippen LogP) is 2.85. The maximum absolute atomic E-state index is 11.4. The monoisotopic (exact) mass is 296 g/mol. The Bertz CT molecular complexity index is 682. The maximum atomic E-state index is 11.4. The average Bonchev–Trinajstić information content (AvgIpc) is 2.66. The quantitative estimate of drug-likeness (QED) is 0.947. The normalized spacial score (nSPS) is 13.5. The van der Waals surface area contributed by atoms with Crippen molar-refractivity contribution in [2.45, 2.75) is 24.8 Å². The molecule has 0 amide bonds. The molecule has 1 unspecified atom stereocenters. The molecule has 0 fully saturated rings. The number of aliphatic hydroxyl groups excluding tert-OH is 1. The molecule has 2 aromatic rings. The first kappa shape index (κ1) is 14.2. The smallest absolute Gasteiger partial charge is 0.175 e. The largest absolute Gasteiger partial charge is 0.383 e. The fourth-order valence-electron chi connectivity index (χ4n) is 1.98. The number of benzene rings is 1. The molecular weight excluding hydrogens is 280 g/mol. The van der Waals surface area contributed by atoms with E-state index in [2.05, 4.69) is 0 Å². The second kappa shape index (κ2) is 5.07. The highest BCUT2D eigenvalue weighted by Crippen LogP contribution is 2.32. The summed E-state index contributed by atoms with van der Waals surface area (Å²) in [6.07, 6.45) is 0.470. The van der Waals surface area contributed by atoms with Crippen molar-refractivity contribution in [1.29, 1.82) is 0 Å². The number of sulfone groups is 1. The van der Waals surface area contributed by atoms with Crippen molar-refractivity contribution in [2.75, 3.05) is 6.26 Å². The van der Waals surface area contributed by atoms with Crippen molar-refractivity contribution in [2.24, 2.45) is 0 Å². The van der Waals surface area contributed by atoms with E-state index in [0.29, 0.717) is 5.56 Å². The van der Waals surface area contributed by atoms with Gasteiger partial charge in [0.05, 0.1) is 4.90 Å². The SMILES string of the molecule is Cc1cc(C)c(C(O)c2ccc(S(C)(=O)=O)cc2)s1. The summed E-state index contributed by atoms with van der Waals surface area (Å²) in [6, 6.07) is 8.42. The summed E-state index contributed by atoms with van der Waals surface area (Å²) in [6.45, 7) is 3.97. The van der Waals surface area contributed by atoms with Crippen LogP contribution >= 0.6 is 11.3 Å². The Balaban J connectivity index is 2.35. The number of hydrogen-bond acceptors (Lipinski definition) is 4. The molecule has 1 aromatic heterocycles. The molecule has 1 heterocycles. The van der Waals surface area contributed by atoms with E-state index in [0.717, 1.165) is 15.3 Å². The highest BCUT2D eigenvalue weighted by Gasteiger charge is 2.16. The molecule has 0 spiro atoms. The highest BCUT2D eigenvalue weighted by molar-refractivity contribution is 7.90. The lowest BCUT2D eigenvalue weighted by atomic mass is 10.1. The van der Waals surface area contributed by atoms with Crippen LogP contribution in [0.1, 0.15) is 27.0 Å². The predicted molar refractivity (Wildman–Crippen MR) is 77.4 cm³/mol. The van der Waals surface area contributed by atoms with Crippen LogP contribution in [0, 0.1) is 13.8 Å². The van der Waals surface area contributed by atoms with Crippen molar-refractivity contribution < 1.29 is 13.5 Å². The third-order valence-corrected chi connectivity index (χ3v) is 5.29. The van der Waals surface area contributed by atoms with Crippen LogP contribution in [0.5, 0.6) is 0 Å². The molecule has 5 heteroatoms. The fraction of sp³-hybridized carbons (Fsp3) is 0.286. The molecule has 0 aliphatic rings. The summed E-state index contributed by atoms with van der Waals surface area (Å²) in [5.74, 6) is 0. The van der Waals surface area contributed by atoms with Gasteiger partial charge in [0.15, 0.2) is 9.84 Å². The lowest BCUT2D eigenvalue weighted by molar-refractivity contribution is 0.223. The van der Waals surface area contributed by atoms with Gasteiger partial charge in [-0.3, -0.25) is 0 Å². The Morgan fingerprint density at radius 1 is 1.16 bits per heavy atom. The third kappa shape index (κ3) is 3.05. The van der Waals surface area contributed by atoms with E-state index in [1.165, 1.54) is 18.4 Å². The first-order valence-electron chi connectivity index (χ1n) is 5.84. The number of thiophene rings is 1. The van der Waals surface area contributed by atoms with Gasteiger partial charge in [0.1, 0.15) is 6.10 Å². The number of aliphatic hydroxyl groups is 1. The summed E-state index contributed by atoms with van der Waals surface area (Å²) in [4.78, 5) is 2.33. The minimum Gasteiger partial charge on any atom is -0.383 e. The minimum atomic E-state index is -3.19. The standard InChI is InChI=1S/C14H16O3S2/c1-9-8-10(2)18-14(9)13(15)11-4-6-12(7-5-11)19(3,16)17/h4-8,13,15H,1-3H3. The van der Waals surface area contributed by atoms with Gasteiger partial charge in [-0.2, -0.15) is 0 Å². The van der Waals surface area contributed by atoms with Crippen molar-refractivity contribution in [3.63, 3.8) is 0 Å². The van der Waals surface area contributed by atoms with Crippen LogP contribution < -0.4 is 0 Å². The summed E-state index contributed by atoms with van der Waals surface area (Å²) < 4.78 is 22.8. The van der Waals surface area contributed by atoms with E-state index in [-0.39, 0.29) is 4.90 Å². The van der Waals surface area contributed by atoms with Gasteiger partial charge in [0.25, 0.3) is 0 Å². The van der Waals surface area contributed by atoms with Crippen LogP contribution in [0.15, 0.2) is 35.2 Å². The molecule has 1 aromatic carbocycles. The number of hydrogen-bond donors (Lipinski definition) is 1. The lowest BCUT2D eigenvalue weighted by Crippen LogP contribution is -2.01. The van der Waals surface area contributed by atoms with E-state index >= 15 is 0 Å². The van der Waals surface area contributed by atoms with Crippen molar-refractivity contribution >= 4 is 21.2 Å². The van der Waals surface area contributed by atoms with E-state index in [9.17, 15) is 13.5 Å². The lowest BCUT2D eigenvalue weighted by Gasteiger charge is -2.11. The zero-order valence-electron chi connectivity index (χ0n) is 11.0. The Morgan fingerprint density at radius 2 is 1.74 bits per heavy atom. The Kier molecular flexibility index (Phi) is 3.80. The number of aryl methyl sites for hydroxylation is 2. The molecule has 102 valence electrons.